The maximum Gasteiger partial charge on any atom is 0.102 e. The van der Waals surface area contributed by atoms with E-state index in [0.29, 0.717) is 18.1 Å². The molecule has 0 aliphatic heterocycles. The molecule has 1 N–H and O–H groups in total. The molecule has 0 bridgehead atoms. The van der Waals surface area contributed by atoms with Crippen molar-refractivity contribution in [2.45, 2.75) is 51.7 Å². The second-order valence-electron chi connectivity index (χ2n) is 6.12. The van der Waals surface area contributed by atoms with Gasteiger partial charge in [0, 0.05) is 0 Å². The SMILES string of the molecule is CC1(C)CCC(OCC(O)c2ccccc2)CC1. The first kappa shape index (κ1) is 13.6. The third-order valence-corrected chi connectivity index (χ3v) is 3.96. The lowest BCUT2D eigenvalue weighted by Gasteiger charge is -2.34. The first-order valence-electron chi connectivity index (χ1n) is 6.91. The largest absolute Gasteiger partial charge is 0.386 e. The topological polar surface area (TPSA) is 29.5 Å². The van der Waals surface area contributed by atoms with Gasteiger partial charge in [-0.05, 0) is 36.7 Å². The number of rotatable bonds is 4. The van der Waals surface area contributed by atoms with Crippen LogP contribution in [0.15, 0.2) is 30.3 Å². The highest BCUT2D eigenvalue weighted by Crippen LogP contribution is 2.36. The van der Waals surface area contributed by atoms with E-state index in [2.05, 4.69) is 13.8 Å². The van der Waals surface area contributed by atoms with Crippen LogP contribution >= 0.6 is 0 Å². The zero-order valence-electron chi connectivity index (χ0n) is 11.4. The van der Waals surface area contributed by atoms with E-state index in [-0.39, 0.29) is 0 Å². The third-order valence-electron chi connectivity index (χ3n) is 3.96. The zero-order valence-corrected chi connectivity index (χ0v) is 11.4. The highest BCUT2D eigenvalue weighted by atomic mass is 16.5. The number of ether oxygens (including phenoxy) is 1. The van der Waals surface area contributed by atoms with Crippen molar-refractivity contribution in [2.75, 3.05) is 6.61 Å². The van der Waals surface area contributed by atoms with Crippen LogP contribution in [-0.2, 0) is 4.74 Å². The molecule has 0 amide bonds. The molecule has 2 rings (SSSR count). The van der Waals surface area contributed by atoms with Gasteiger partial charge in [-0.1, -0.05) is 44.2 Å². The van der Waals surface area contributed by atoms with Gasteiger partial charge in [0.05, 0.1) is 12.7 Å². The summed E-state index contributed by atoms with van der Waals surface area (Å²) in [7, 11) is 0. The Labute approximate surface area is 110 Å². The van der Waals surface area contributed by atoms with Crippen LogP contribution in [0, 0.1) is 5.41 Å². The maximum absolute atomic E-state index is 10.0. The summed E-state index contributed by atoms with van der Waals surface area (Å²) in [6.45, 7) is 5.05. The van der Waals surface area contributed by atoms with E-state index in [1.165, 1.54) is 12.8 Å². The minimum atomic E-state index is -0.499. The smallest absolute Gasteiger partial charge is 0.102 e. The fourth-order valence-corrected chi connectivity index (χ4v) is 2.54. The van der Waals surface area contributed by atoms with Gasteiger partial charge in [0.25, 0.3) is 0 Å². The quantitative estimate of drug-likeness (QED) is 0.880. The molecule has 1 saturated carbocycles. The predicted octanol–water partition coefficient (Wildman–Crippen LogP) is 3.71. The molecule has 18 heavy (non-hydrogen) atoms. The molecular formula is C16H24O2. The van der Waals surface area contributed by atoms with Gasteiger partial charge in [-0.2, -0.15) is 0 Å². The first-order valence-corrected chi connectivity index (χ1v) is 6.91. The average molecular weight is 248 g/mol. The summed E-state index contributed by atoms with van der Waals surface area (Å²) in [4.78, 5) is 0. The Balaban J connectivity index is 1.76. The molecule has 1 aliphatic rings. The Kier molecular flexibility index (Phi) is 4.41. The molecule has 1 atom stereocenters. The number of aliphatic hydroxyl groups is 1. The second-order valence-corrected chi connectivity index (χ2v) is 6.12. The van der Waals surface area contributed by atoms with Crippen molar-refractivity contribution in [3.63, 3.8) is 0 Å². The zero-order chi connectivity index (χ0) is 13.0. The van der Waals surface area contributed by atoms with Crippen LogP contribution < -0.4 is 0 Å². The summed E-state index contributed by atoms with van der Waals surface area (Å²) in [5.41, 5.74) is 1.41. The lowest BCUT2D eigenvalue weighted by atomic mass is 9.76. The van der Waals surface area contributed by atoms with E-state index in [1.54, 1.807) is 0 Å². The number of hydrogen-bond donors (Lipinski definition) is 1. The van der Waals surface area contributed by atoms with Crippen LogP contribution in [0.4, 0.5) is 0 Å². The van der Waals surface area contributed by atoms with E-state index in [1.807, 2.05) is 30.3 Å². The van der Waals surface area contributed by atoms with Crippen LogP contribution in [0.3, 0.4) is 0 Å². The fourth-order valence-electron chi connectivity index (χ4n) is 2.54. The maximum atomic E-state index is 10.0. The van der Waals surface area contributed by atoms with Crippen molar-refractivity contribution >= 4 is 0 Å². The molecule has 1 aromatic rings. The minimum Gasteiger partial charge on any atom is -0.386 e. The van der Waals surface area contributed by atoms with Gasteiger partial charge < -0.3 is 9.84 Å². The Morgan fingerprint density at radius 2 is 1.83 bits per heavy atom. The predicted molar refractivity (Wildman–Crippen MR) is 73.4 cm³/mol. The number of benzene rings is 1. The molecule has 0 saturated heterocycles. The molecule has 2 nitrogen and oxygen atoms in total. The molecule has 0 aromatic heterocycles. The second kappa shape index (κ2) is 5.85. The number of hydrogen-bond acceptors (Lipinski definition) is 2. The van der Waals surface area contributed by atoms with E-state index < -0.39 is 6.10 Å². The van der Waals surface area contributed by atoms with Crippen LogP contribution in [0.2, 0.25) is 0 Å². The van der Waals surface area contributed by atoms with Crippen molar-refractivity contribution < 1.29 is 9.84 Å². The van der Waals surface area contributed by atoms with Crippen molar-refractivity contribution in [3.05, 3.63) is 35.9 Å². The minimum absolute atomic E-state index is 0.330. The lowest BCUT2D eigenvalue weighted by molar-refractivity contribution is -0.0380. The molecule has 100 valence electrons. The third kappa shape index (κ3) is 3.82. The monoisotopic (exact) mass is 248 g/mol. The van der Waals surface area contributed by atoms with Crippen molar-refractivity contribution in [1.29, 1.82) is 0 Å². The summed E-state index contributed by atoms with van der Waals surface area (Å²) >= 11 is 0. The molecule has 0 spiro atoms. The van der Waals surface area contributed by atoms with E-state index >= 15 is 0 Å². The van der Waals surface area contributed by atoms with Gasteiger partial charge in [-0.25, -0.2) is 0 Å². The molecule has 1 unspecified atom stereocenters. The highest BCUT2D eigenvalue weighted by molar-refractivity contribution is 5.17. The Hall–Kier alpha value is -0.860. The van der Waals surface area contributed by atoms with Gasteiger partial charge in [-0.3, -0.25) is 0 Å². The van der Waals surface area contributed by atoms with Crippen molar-refractivity contribution in [2.24, 2.45) is 5.41 Å². The molecule has 1 aromatic carbocycles. The number of aliphatic hydroxyl groups excluding tert-OH is 1. The summed E-state index contributed by atoms with van der Waals surface area (Å²) < 4.78 is 5.84. The molecule has 2 heteroatoms. The Bertz CT molecular complexity index is 349. The Morgan fingerprint density at radius 3 is 2.44 bits per heavy atom. The molecule has 0 radical (unpaired) electrons. The van der Waals surface area contributed by atoms with Crippen LogP contribution in [0.25, 0.3) is 0 Å². The van der Waals surface area contributed by atoms with Crippen molar-refractivity contribution in [1.82, 2.24) is 0 Å². The van der Waals surface area contributed by atoms with Gasteiger partial charge in [0.1, 0.15) is 6.10 Å². The van der Waals surface area contributed by atoms with Gasteiger partial charge in [-0.15, -0.1) is 0 Å². The first-order chi connectivity index (χ1) is 8.57. The van der Waals surface area contributed by atoms with Crippen LogP contribution in [0.5, 0.6) is 0 Å². The van der Waals surface area contributed by atoms with Crippen molar-refractivity contribution in [3.8, 4) is 0 Å². The van der Waals surface area contributed by atoms with Crippen LogP contribution in [0.1, 0.15) is 51.2 Å². The normalized spacial score (nSPS) is 21.7. The fraction of sp³-hybridized carbons (Fsp3) is 0.625. The molecule has 1 fully saturated rings. The van der Waals surface area contributed by atoms with E-state index in [0.717, 1.165) is 18.4 Å². The highest BCUT2D eigenvalue weighted by Gasteiger charge is 2.27. The summed E-state index contributed by atoms with van der Waals surface area (Å²) in [5.74, 6) is 0. The molecule has 0 heterocycles. The van der Waals surface area contributed by atoms with E-state index in [9.17, 15) is 5.11 Å². The summed E-state index contributed by atoms with van der Waals surface area (Å²) in [6.07, 6.45) is 4.51. The summed E-state index contributed by atoms with van der Waals surface area (Å²) in [6, 6.07) is 9.74. The average Bonchev–Trinajstić information content (AvgIpc) is 2.38. The standard InChI is InChI=1S/C16H24O2/c1-16(2)10-8-14(9-11-16)18-12-15(17)13-6-4-3-5-7-13/h3-7,14-15,17H,8-12H2,1-2H3. The molecule has 1 aliphatic carbocycles. The lowest BCUT2D eigenvalue weighted by Crippen LogP contribution is -2.27. The van der Waals surface area contributed by atoms with Gasteiger partial charge in [0.15, 0.2) is 0 Å². The van der Waals surface area contributed by atoms with E-state index in [4.69, 9.17) is 4.74 Å². The molecular weight excluding hydrogens is 224 g/mol. The summed E-state index contributed by atoms with van der Waals surface area (Å²) in [5, 5.41) is 10.0. The Morgan fingerprint density at radius 1 is 1.22 bits per heavy atom. The van der Waals surface area contributed by atoms with Gasteiger partial charge >= 0.3 is 0 Å². The van der Waals surface area contributed by atoms with Crippen LogP contribution in [-0.4, -0.2) is 17.8 Å². The van der Waals surface area contributed by atoms with Gasteiger partial charge in [0.2, 0.25) is 0 Å².